The average molecular weight is 223 g/mol. The summed E-state index contributed by atoms with van der Waals surface area (Å²) in [6, 6.07) is 8.84. The number of alkyl halides is 1. The molecule has 0 atom stereocenters. The van der Waals surface area contributed by atoms with E-state index < -0.39 is 0 Å². The van der Waals surface area contributed by atoms with Crippen LogP contribution in [0, 0.1) is 0 Å². The van der Waals surface area contributed by atoms with E-state index in [0.717, 1.165) is 6.42 Å². The molecular formula is C14H19Cl. The van der Waals surface area contributed by atoms with Crippen LogP contribution in [0.4, 0.5) is 0 Å². The highest BCUT2D eigenvalue weighted by molar-refractivity contribution is 6.17. The van der Waals surface area contributed by atoms with Crippen LogP contribution in [0.1, 0.15) is 37.8 Å². The van der Waals surface area contributed by atoms with Crippen molar-refractivity contribution in [2.24, 2.45) is 0 Å². The largest absolute Gasteiger partial charge is 0.126 e. The third-order valence-electron chi connectivity index (χ3n) is 2.51. The van der Waals surface area contributed by atoms with Gasteiger partial charge in [-0.3, -0.25) is 0 Å². The van der Waals surface area contributed by atoms with E-state index in [4.69, 9.17) is 11.6 Å². The molecule has 15 heavy (non-hydrogen) atoms. The first-order valence-electron chi connectivity index (χ1n) is 5.60. The summed E-state index contributed by atoms with van der Waals surface area (Å²) in [4.78, 5) is 0. The molecule has 0 aliphatic carbocycles. The smallest absolute Gasteiger partial charge is 0.0258 e. The summed E-state index contributed by atoms with van der Waals surface area (Å²) < 4.78 is 0. The SMILES string of the molecule is CCCc1ccc(C(C)=CCCCl)cc1. The van der Waals surface area contributed by atoms with Gasteiger partial charge in [0, 0.05) is 5.88 Å². The normalized spacial score (nSPS) is 11.8. The number of benzene rings is 1. The number of aryl methyl sites for hydroxylation is 1. The highest BCUT2D eigenvalue weighted by Gasteiger charge is 1.95. The first-order valence-corrected chi connectivity index (χ1v) is 6.13. The molecule has 0 spiro atoms. The van der Waals surface area contributed by atoms with E-state index in [2.05, 4.69) is 44.2 Å². The lowest BCUT2D eigenvalue weighted by atomic mass is 10.0. The number of hydrogen-bond donors (Lipinski definition) is 0. The fourth-order valence-electron chi connectivity index (χ4n) is 1.61. The molecule has 0 saturated carbocycles. The third-order valence-corrected chi connectivity index (χ3v) is 2.73. The van der Waals surface area contributed by atoms with Gasteiger partial charge in [-0.15, -0.1) is 11.6 Å². The number of rotatable bonds is 5. The molecule has 0 fully saturated rings. The zero-order valence-electron chi connectivity index (χ0n) is 9.59. The van der Waals surface area contributed by atoms with Crippen molar-refractivity contribution < 1.29 is 0 Å². The molecule has 1 aromatic carbocycles. The zero-order valence-corrected chi connectivity index (χ0v) is 10.3. The van der Waals surface area contributed by atoms with E-state index in [1.807, 2.05) is 0 Å². The first kappa shape index (κ1) is 12.3. The Bertz CT molecular complexity index is 309. The van der Waals surface area contributed by atoms with Crippen molar-refractivity contribution in [1.82, 2.24) is 0 Å². The van der Waals surface area contributed by atoms with Crippen LogP contribution in [0.3, 0.4) is 0 Å². The lowest BCUT2D eigenvalue weighted by Crippen LogP contribution is -1.85. The molecule has 0 bridgehead atoms. The molecule has 0 aliphatic heterocycles. The molecule has 0 N–H and O–H groups in total. The maximum absolute atomic E-state index is 5.65. The minimum atomic E-state index is 0.700. The van der Waals surface area contributed by atoms with Crippen molar-refractivity contribution >= 4 is 17.2 Å². The predicted molar refractivity (Wildman–Crippen MR) is 69.4 cm³/mol. The molecule has 0 unspecified atom stereocenters. The van der Waals surface area contributed by atoms with E-state index in [9.17, 15) is 0 Å². The van der Waals surface area contributed by atoms with Crippen molar-refractivity contribution in [1.29, 1.82) is 0 Å². The second-order valence-electron chi connectivity index (χ2n) is 3.81. The number of halogens is 1. The minimum absolute atomic E-state index is 0.700. The van der Waals surface area contributed by atoms with Gasteiger partial charge in [0.25, 0.3) is 0 Å². The van der Waals surface area contributed by atoms with E-state index in [-0.39, 0.29) is 0 Å². The van der Waals surface area contributed by atoms with Crippen molar-refractivity contribution in [2.75, 3.05) is 5.88 Å². The molecule has 0 aromatic heterocycles. The average Bonchev–Trinajstić information content (AvgIpc) is 2.27. The van der Waals surface area contributed by atoms with Gasteiger partial charge in [0.1, 0.15) is 0 Å². The summed E-state index contributed by atoms with van der Waals surface area (Å²) in [5.41, 5.74) is 4.05. The molecule has 82 valence electrons. The second-order valence-corrected chi connectivity index (χ2v) is 4.19. The van der Waals surface area contributed by atoms with Gasteiger partial charge in [-0.1, -0.05) is 43.7 Å². The zero-order chi connectivity index (χ0) is 11.1. The Morgan fingerprint density at radius 3 is 2.47 bits per heavy atom. The molecule has 0 radical (unpaired) electrons. The Balaban J connectivity index is 2.70. The van der Waals surface area contributed by atoms with Crippen LogP contribution < -0.4 is 0 Å². The molecule has 0 heterocycles. The van der Waals surface area contributed by atoms with Crippen molar-refractivity contribution in [2.45, 2.75) is 33.1 Å². The van der Waals surface area contributed by atoms with Gasteiger partial charge in [-0.2, -0.15) is 0 Å². The van der Waals surface area contributed by atoms with Crippen LogP contribution in [0.2, 0.25) is 0 Å². The van der Waals surface area contributed by atoms with Gasteiger partial charge in [0.05, 0.1) is 0 Å². The summed E-state index contributed by atoms with van der Waals surface area (Å²) in [6.07, 6.45) is 5.52. The van der Waals surface area contributed by atoms with Crippen LogP contribution in [-0.2, 0) is 6.42 Å². The van der Waals surface area contributed by atoms with Gasteiger partial charge in [-0.05, 0) is 36.5 Å². The number of hydrogen-bond acceptors (Lipinski definition) is 0. The number of allylic oxidation sites excluding steroid dienone is 2. The molecular weight excluding hydrogens is 204 g/mol. The molecule has 1 rings (SSSR count). The van der Waals surface area contributed by atoms with E-state index in [1.54, 1.807) is 0 Å². The Kier molecular flexibility index (Phi) is 5.49. The van der Waals surface area contributed by atoms with Gasteiger partial charge in [-0.25, -0.2) is 0 Å². The summed E-state index contributed by atoms with van der Waals surface area (Å²) in [6.45, 7) is 4.35. The van der Waals surface area contributed by atoms with Crippen LogP contribution in [0.15, 0.2) is 30.3 Å². The summed E-state index contributed by atoms with van der Waals surface area (Å²) in [7, 11) is 0. The molecule has 1 aromatic rings. The third kappa shape index (κ3) is 4.09. The lowest BCUT2D eigenvalue weighted by Gasteiger charge is -2.03. The van der Waals surface area contributed by atoms with E-state index in [1.165, 1.54) is 29.5 Å². The first-order chi connectivity index (χ1) is 7.27. The fourth-order valence-corrected chi connectivity index (χ4v) is 1.72. The highest BCUT2D eigenvalue weighted by atomic mass is 35.5. The van der Waals surface area contributed by atoms with Gasteiger partial charge in [0.15, 0.2) is 0 Å². The molecule has 1 heteroatoms. The Morgan fingerprint density at radius 2 is 1.93 bits per heavy atom. The Labute approximate surface area is 98.0 Å². The predicted octanol–water partition coefficient (Wildman–Crippen LogP) is 4.67. The van der Waals surface area contributed by atoms with Crippen LogP contribution in [0.25, 0.3) is 5.57 Å². The van der Waals surface area contributed by atoms with Gasteiger partial charge < -0.3 is 0 Å². The minimum Gasteiger partial charge on any atom is -0.126 e. The highest BCUT2D eigenvalue weighted by Crippen LogP contribution is 2.16. The maximum Gasteiger partial charge on any atom is 0.0258 e. The molecule has 0 aliphatic rings. The monoisotopic (exact) mass is 222 g/mol. The summed E-state index contributed by atoms with van der Waals surface area (Å²) in [5.74, 6) is 0.700. The standard InChI is InChI=1S/C14H19Cl/c1-3-5-13-7-9-14(10-8-13)12(2)6-4-11-15/h6-10H,3-5,11H2,1-2H3. The summed E-state index contributed by atoms with van der Waals surface area (Å²) >= 11 is 5.65. The molecule has 0 saturated heterocycles. The van der Waals surface area contributed by atoms with E-state index in [0.29, 0.717) is 5.88 Å². The Morgan fingerprint density at radius 1 is 1.27 bits per heavy atom. The van der Waals surface area contributed by atoms with Crippen LogP contribution >= 0.6 is 11.6 Å². The topological polar surface area (TPSA) is 0 Å². The molecule has 0 amide bonds. The fraction of sp³-hybridized carbons (Fsp3) is 0.429. The lowest BCUT2D eigenvalue weighted by molar-refractivity contribution is 0.921. The van der Waals surface area contributed by atoms with Crippen molar-refractivity contribution in [3.8, 4) is 0 Å². The van der Waals surface area contributed by atoms with Gasteiger partial charge in [0.2, 0.25) is 0 Å². The van der Waals surface area contributed by atoms with Crippen molar-refractivity contribution in [3.63, 3.8) is 0 Å². The van der Waals surface area contributed by atoms with Gasteiger partial charge >= 0.3 is 0 Å². The summed E-state index contributed by atoms with van der Waals surface area (Å²) in [5, 5.41) is 0. The van der Waals surface area contributed by atoms with E-state index >= 15 is 0 Å². The van der Waals surface area contributed by atoms with Crippen molar-refractivity contribution in [3.05, 3.63) is 41.5 Å². The van der Waals surface area contributed by atoms with Crippen LogP contribution in [-0.4, -0.2) is 5.88 Å². The van der Waals surface area contributed by atoms with Crippen LogP contribution in [0.5, 0.6) is 0 Å². The quantitative estimate of drug-likeness (QED) is 0.635. The Hall–Kier alpha value is -0.750. The second kappa shape index (κ2) is 6.68. The maximum atomic E-state index is 5.65. The molecule has 0 nitrogen and oxygen atoms in total.